The minimum absolute atomic E-state index is 0.00461. The summed E-state index contributed by atoms with van der Waals surface area (Å²) in [5.41, 5.74) is 0.634. The summed E-state index contributed by atoms with van der Waals surface area (Å²) in [6.45, 7) is 3.51. The third-order valence-corrected chi connectivity index (χ3v) is 4.12. The number of nitrogens with one attached hydrogen (secondary N) is 2. The van der Waals surface area contributed by atoms with Crippen LogP contribution in [0.2, 0.25) is 5.02 Å². The van der Waals surface area contributed by atoms with Gasteiger partial charge in [-0.15, -0.1) is 11.8 Å². The zero-order chi connectivity index (χ0) is 17.9. The first-order valence-corrected chi connectivity index (χ1v) is 9.02. The van der Waals surface area contributed by atoms with Crippen LogP contribution in [0.25, 0.3) is 0 Å². The number of esters is 1. The number of benzene rings is 1. The molecule has 0 aliphatic heterocycles. The van der Waals surface area contributed by atoms with Crippen molar-refractivity contribution in [2.24, 2.45) is 0 Å². The molecule has 8 heteroatoms. The minimum Gasteiger partial charge on any atom is -0.455 e. The Kier molecular flexibility index (Phi) is 9.26. The van der Waals surface area contributed by atoms with Crippen molar-refractivity contribution in [3.05, 3.63) is 29.3 Å². The van der Waals surface area contributed by atoms with Crippen LogP contribution in [0, 0.1) is 0 Å². The van der Waals surface area contributed by atoms with Crippen molar-refractivity contribution < 1.29 is 19.1 Å². The van der Waals surface area contributed by atoms with E-state index in [0.717, 1.165) is 18.2 Å². The van der Waals surface area contributed by atoms with E-state index in [1.807, 2.05) is 13.8 Å². The van der Waals surface area contributed by atoms with Crippen LogP contribution < -0.4 is 10.6 Å². The summed E-state index contributed by atoms with van der Waals surface area (Å²) in [7, 11) is 0. The van der Waals surface area contributed by atoms with Gasteiger partial charge in [-0.1, -0.05) is 18.5 Å². The number of anilines is 1. The fourth-order valence-electron chi connectivity index (χ4n) is 1.56. The summed E-state index contributed by atoms with van der Waals surface area (Å²) < 4.78 is 4.84. The van der Waals surface area contributed by atoms with Crippen LogP contribution in [0.5, 0.6) is 0 Å². The molecule has 0 bridgehead atoms. The van der Waals surface area contributed by atoms with Gasteiger partial charge < -0.3 is 15.4 Å². The molecule has 0 heterocycles. The molecule has 0 fully saturated rings. The number of ether oxygens (including phenoxy) is 1. The lowest BCUT2D eigenvalue weighted by molar-refractivity contribution is -0.146. The molecular formula is C16H21ClN2O4S. The van der Waals surface area contributed by atoms with Gasteiger partial charge in [-0.2, -0.15) is 0 Å². The van der Waals surface area contributed by atoms with Crippen molar-refractivity contribution in [3.63, 3.8) is 0 Å². The molecular weight excluding hydrogens is 352 g/mol. The second-order valence-electron chi connectivity index (χ2n) is 5.09. The predicted molar refractivity (Wildman–Crippen MR) is 96.3 cm³/mol. The topological polar surface area (TPSA) is 84.5 Å². The lowest BCUT2D eigenvalue weighted by atomic mass is 10.2. The molecule has 0 unspecified atom stereocenters. The van der Waals surface area contributed by atoms with Crippen LogP contribution in [-0.4, -0.2) is 41.9 Å². The van der Waals surface area contributed by atoms with Crippen LogP contribution in [0.15, 0.2) is 24.3 Å². The standard InChI is InChI=1S/C16H21ClN2O4S/c1-3-11(2)18-14(20)8-23-16(22)10-24-9-15(21)19-13-6-4-12(17)5-7-13/h4-7,11H,3,8-10H2,1-2H3,(H,18,20)(H,19,21)/t11-/m0/s1. The Hall–Kier alpha value is -1.73. The van der Waals surface area contributed by atoms with Crippen molar-refractivity contribution in [2.75, 3.05) is 23.4 Å². The monoisotopic (exact) mass is 372 g/mol. The maximum absolute atomic E-state index is 11.7. The van der Waals surface area contributed by atoms with Crippen molar-refractivity contribution in [1.29, 1.82) is 0 Å². The first-order valence-electron chi connectivity index (χ1n) is 7.48. The largest absolute Gasteiger partial charge is 0.455 e. The first kappa shape index (κ1) is 20.3. The van der Waals surface area contributed by atoms with Gasteiger partial charge in [-0.25, -0.2) is 0 Å². The molecule has 0 spiro atoms. The highest BCUT2D eigenvalue weighted by Crippen LogP contribution is 2.13. The van der Waals surface area contributed by atoms with Gasteiger partial charge in [0.2, 0.25) is 5.91 Å². The number of thioether (sulfide) groups is 1. The zero-order valence-electron chi connectivity index (χ0n) is 13.6. The number of amides is 2. The second kappa shape index (κ2) is 10.9. The van der Waals surface area contributed by atoms with E-state index < -0.39 is 5.97 Å². The van der Waals surface area contributed by atoms with Crippen LogP contribution in [0.4, 0.5) is 5.69 Å². The third-order valence-electron chi connectivity index (χ3n) is 2.97. The molecule has 2 amide bonds. The van der Waals surface area contributed by atoms with Crippen LogP contribution in [0.3, 0.4) is 0 Å². The highest BCUT2D eigenvalue weighted by molar-refractivity contribution is 8.00. The Labute approximate surface area is 150 Å². The van der Waals surface area contributed by atoms with Gasteiger partial charge >= 0.3 is 5.97 Å². The molecule has 0 aromatic heterocycles. The van der Waals surface area contributed by atoms with Gasteiger partial charge in [0.1, 0.15) is 0 Å². The smallest absolute Gasteiger partial charge is 0.316 e. The lowest BCUT2D eigenvalue weighted by Crippen LogP contribution is -2.35. The van der Waals surface area contributed by atoms with E-state index in [4.69, 9.17) is 16.3 Å². The summed E-state index contributed by atoms with van der Waals surface area (Å²) in [5, 5.41) is 5.97. The van der Waals surface area contributed by atoms with Crippen molar-refractivity contribution >= 4 is 46.8 Å². The van der Waals surface area contributed by atoms with E-state index in [-0.39, 0.29) is 36.0 Å². The van der Waals surface area contributed by atoms with Gasteiger partial charge in [-0.05, 0) is 37.6 Å². The number of hydrogen-bond donors (Lipinski definition) is 2. The highest BCUT2D eigenvalue weighted by Gasteiger charge is 2.11. The highest BCUT2D eigenvalue weighted by atomic mass is 35.5. The summed E-state index contributed by atoms with van der Waals surface area (Å²) in [5.74, 6) is -0.979. The molecule has 132 valence electrons. The molecule has 0 saturated heterocycles. The van der Waals surface area contributed by atoms with Crippen LogP contribution >= 0.6 is 23.4 Å². The fraction of sp³-hybridized carbons (Fsp3) is 0.438. The number of rotatable bonds is 9. The Balaban J connectivity index is 2.17. The SMILES string of the molecule is CC[C@H](C)NC(=O)COC(=O)CSCC(=O)Nc1ccc(Cl)cc1. The quantitative estimate of drug-likeness (QED) is 0.650. The van der Waals surface area contributed by atoms with Gasteiger partial charge in [-0.3, -0.25) is 14.4 Å². The number of halogens is 1. The molecule has 1 aromatic rings. The third kappa shape index (κ3) is 8.79. The summed E-state index contributed by atoms with van der Waals surface area (Å²) >= 11 is 6.88. The second-order valence-corrected chi connectivity index (χ2v) is 6.51. The maximum atomic E-state index is 11.7. The van der Waals surface area contributed by atoms with E-state index in [9.17, 15) is 14.4 Å². The first-order chi connectivity index (χ1) is 11.4. The predicted octanol–water partition coefficient (Wildman–Crippen LogP) is 2.47. The average Bonchev–Trinajstić information content (AvgIpc) is 2.55. The number of hydrogen-bond acceptors (Lipinski definition) is 5. The van der Waals surface area contributed by atoms with Crippen molar-refractivity contribution in [1.82, 2.24) is 5.32 Å². The molecule has 0 aliphatic carbocycles. The van der Waals surface area contributed by atoms with Crippen molar-refractivity contribution in [2.45, 2.75) is 26.3 Å². The van der Waals surface area contributed by atoms with E-state index >= 15 is 0 Å². The van der Waals surface area contributed by atoms with Crippen molar-refractivity contribution in [3.8, 4) is 0 Å². The Morgan fingerprint density at radius 2 is 1.83 bits per heavy atom. The summed E-state index contributed by atoms with van der Waals surface area (Å²) in [6.07, 6.45) is 0.804. The Morgan fingerprint density at radius 3 is 2.46 bits per heavy atom. The summed E-state index contributed by atoms with van der Waals surface area (Å²) in [6, 6.07) is 6.77. The molecule has 2 N–H and O–H groups in total. The Bertz CT molecular complexity index is 566. The molecule has 1 aromatic carbocycles. The zero-order valence-corrected chi connectivity index (χ0v) is 15.2. The van der Waals surface area contributed by atoms with Gasteiger partial charge in [0.15, 0.2) is 6.61 Å². The molecule has 1 atom stereocenters. The molecule has 0 radical (unpaired) electrons. The molecule has 0 saturated carbocycles. The van der Waals surface area contributed by atoms with Gasteiger partial charge in [0, 0.05) is 16.8 Å². The van der Waals surface area contributed by atoms with E-state index in [1.165, 1.54) is 0 Å². The Morgan fingerprint density at radius 1 is 1.17 bits per heavy atom. The molecule has 24 heavy (non-hydrogen) atoms. The number of carbonyl (C=O) groups is 3. The normalized spacial score (nSPS) is 11.5. The van der Waals surface area contributed by atoms with E-state index in [2.05, 4.69) is 10.6 Å². The summed E-state index contributed by atoms with van der Waals surface area (Å²) in [4.78, 5) is 34.7. The minimum atomic E-state index is -0.529. The lowest BCUT2D eigenvalue weighted by Gasteiger charge is -2.11. The van der Waals surface area contributed by atoms with Gasteiger partial charge in [0.25, 0.3) is 5.91 Å². The maximum Gasteiger partial charge on any atom is 0.316 e. The van der Waals surface area contributed by atoms with Crippen LogP contribution in [0.1, 0.15) is 20.3 Å². The number of carbonyl (C=O) groups excluding carboxylic acids is 3. The molecule has 6 nitrogen and oxygen atoms in total. The van der Waals surface area contributed by atoms with Gasteiger partial charge in [0.05, 0.1) is 11.5 Å². The molecule has 1 rings (SSSR count). The molecule has 0 aliphatic rings. The van der Waals surface area contributed by atoms with E-state index in [1.54, 1.807) is 24.3 Å². The van der Waals surface area contributed by atoms with E-state index in [0.29, 0.717) is 10.7 Å². The van der Waals surface area contributed by atoms with Crippen LogP contribution in [-0.2, 0) is 19.1 Å². The fourth-order valence-corrected chi connectivity index (χ4v) is 2.30. The average molecular weight is 373 g/mol.